The van der Waals surface area contributed by atoms with E-state index in [0.29, 0.717) is 23.9 Å². The Morgan fingerprint density at radius 1 is 1.03 bits per heavy atom. The molecule has 1 aromatic rings. The fourth-order valence-corrected chi connectivity index (χ4v) is 3.07. The Labute approximate surface area is 165 Å². The lowest BCUT2D eigenvalue weighted by atomic mass is 9.99. The number of aromatic nitrogens is 4. The summed E-state index contributed by atoms with van der Waals surface area (Å²) >= 11 is 0. The Morgan fingerprint density at radius 2 is 1.83 bits per heavy atom. The number of imidazole rings is 1. The predicted molar refractivity (Wildman–Crippen MR) is 98.6 cm³/mol. The molecule has 1 aromatic carbocycles. The van der Waals surface area contributed by atoms with Gasteiger partial charge in [-0.05, 0) is 5.56 Å². The van der Waals surface area contributed by atoms with E-state index in [1.165, 1.54) is 12.7 Å². The molecule has 11 nitrogen and oxygen atoms in total. The number of nitrogens with zero attached hydrogens (tertiary/aromatic N) is 4. The smallest absolute Gasteiger partial charge is 0.254 e. The van der Waals surface area contributed by atoms with Crippen molar-refractivity contribution in [3.8, 4) is 11.5 Å². The number of ether oxygens (including phenoxy) is 1. The quantitative estimate of drug-likeness (QED) is 0.332. The lowest BCUT2D eigenvalue weighted by Crippen LogP contribution is -2.61. The van der Waals surface area contributed by atoms with Gasteiger partial charge in [0.2, 0.25) is 5.82 Å². The van der Waals surface area contributed by atoms with Crippen LogP contribution in [0.15, 0.2) is 43.0 Å². The van der Waals surface area contributed by atoms with E-state index in [1.54, 1.807) is 0 Å². The van der Waals surface area contributed by atoms with Gasteiger partial charge in [-0.1, -0.05) is 30.3 Å². The maximum absolute atomic E-state index is 10.1. The van der Waals surface area contributed by atoms with Gasteiger partial charge in [0.1, 0.15) is 37.1 Å². The molecular weight excluding hydrogens is 382 g/mol. The van der Waals surface area contributed by atoms with E-state index < -0.39 is 37.3 Å². The van der Waals surface area contributed by atoms with Gasteiger partial charge >= 0.3 is 0 Å². The SMILES string of the molecule is OC[C@H]1OC(On2cnc(NCc3ccccc3)c3ncnc2-3)[C@H](O)[C@@H](O)[C@@H]1O. The minimum atomic E-state index is -1.55. The molecule has 0 amide bonds. The van der Waals surface area contributed by atoms with Crippen LogP contribution in [-0.2, 0) is 11.3 Å². The van der Waals surface area contributed by atoms with E-state index in [2.05, 4.69) is 20.3 Å². The molecule has 29 heavy (non-hydrogen) atoms. The topological polar surface area (TPSA) is 155 Å². The highest BCUT2D eigenvalue weighted by molar-refractivity contribution is 5.66. The summed E-state index contributed by atoms with van der Waals surface area (Å²) in [6.45, 7) is -0.0188. The molecule has 3 aliphatic rings. The van der Waals surface area contributed by atoms with Crippen LogP contribution in [0.5, 0.6) is 0 Å². The van der Waals surface area contributed by atoms with Gasteiger partial charge in [0.15, 0.2) is 11.5 Å². The lowest BCUT2D eigenvalue weighted by Gasteiger charge is -2.39. The van der Waals surface area contributed by atoms with Gasteiger partial charge in [-0.3, -0.25) is 0 Å². The number of benzene rings is 1. The molecule has 1 fully saturated rings. The molecule has 0 aliphatic carbocycles. The van der Waals surface area contributed by atoms with E-state index in [4.69, 9.17) is 9.57 Å². The van der Waals surface area contributed by atoms with E-state index in [-0.39, 0.29) is 0 Å². The third-order valence-corrected chi connectivity index (χ3v) is 4.67. The number of aliphatic hydroxyl groups excluding tert-OH is 4. The fourth-order valence-electron chi connectivity index (χ4n) is 3.07. The van der Waals surface area contributed by atoms with Crippen LogP contribution in [0.4, 0.5) is 5.82 Å². The van der Waals surface area contributed by atoms with Crippen LogP contribution in [0.1, 0.15) is 5.56 Å². The van der Waals surface area contributed by atoms with Crippen molar-refractivity contribution in [2.24, 2.45) is 0 Å². The highest BCUT2D eigenvalue weighted by Gasteiger charge is 2.45. The van der Waals surface area contributed by atoms with Gasteiger partial charge in [-0.25, -0.2) is 15.0 Å². The zero-order valence-electron chi connectivity index (χ0n) is 15.2. The fraction of sp³-hybridized carbons (Fsp3) is 0.389. The van der Waals surface area contributed by atoms with E-state index in [0.717, 1.165) is 10.3 Å². The third-order valence-electron chi connectivity index (χ3n) is 4.67. The molecule has 0 bridgehead atoms. The second-order valence-electron chi connectivity index (χ2n) is 6.61. The Kier molecular flexibility index (Phi) is 5.56. The summed E-state index contributed by atoms with van der Waals surface area (Å²) in [4.78, 5) is 18.2. The minimum absolute atomic E-state index is 0.313. The highest BCUT2D eigenvalue weighted by Crippen LogP contribution is 2.26. The van der Waals surface area contributed by atoms with E-state index in [9.17, 15) is 20.4 Å². The number of rotatable bonds is 6. The number of hydrogen-bond acceptors (Lipinski definition) is 10. The van der Waals surface area contributed by atoms with Crippen LogP contribution in [0.2, 0.25) is 0 Å². The average molecular weight is 403 g/mol. The number of hydrogen-bond donors (Lipinski definition) is 5. The first-order valence-electron chi connectivity index (χ1n) is 9.02. The zero-order chi connectivity index (χ0) is 20.4. The van der Waals surface area contributed by atoms with Gasteiger partial charge < -0.3 is 35.3 Å². The molecule has 5 atom stereocenters. The van der Waals surface area contributed by atoms with Crippen molar-refractivity contribution in [2.75, 3.05) is 11.9 Å². The van der Waals surface area contributed by atoms with Crippen molar-refractivity contribution >= 4 is 5.82 Å². The third kappa shape index (κ3) is 3.86. The first kappa shape index (κ1) is 19.5. The number of fused-ring (bicyclic) bond motifs is 1. The molecule has 0 saturated carbocycles. The summed E-state index contributed by atoms with van der Waals surface area (Å²) in [5.41, 5.74) is 1.50. The molecule has 3 aliphatic heterocycles. The molecule has 11 heteroatoms. The van der Waals surface area contributed by atoms with E-state index in [1.807, 2.05) is 30.3 Å². The van der Waals surface area contributed by atoms with Gasteiger partial charge in [-0.2, -0.15) is 0 Å². The monoisotopic (exact) mass is 403 g/mol. The van der Waals surface area contributed by atoms with Crippen molar-refractivity contribution in [1.29, 1.82) is 0 Å². The van der Waals surface area contributed by atoms with Crippen LogP contribution in [-0.4, -0.2) is 77.4 Å². The largest absolute Gasteiger partial charge is 0.394 e. The van der Waals surface area contributed by atoms with Crippen LogP contribution in [0.3, 0.4) is 0 Å². The summed E-state index contributed by atoms with van der Waals surface area (Å²) in [6.07, 6.45) is -4.35. The van der Waals surface area contributed by atoms with Crippen molar-refractivity contribution in [3.05, 3.63) is 48.5 Å². The maximum atomic E-state index is 10.1. The van der Waals surface area contributed by atoms with Gasteiger partial charge in [-0.15, -0.1) is 4.73 Å². The summed E-state index contributed by atoms with van der Waals surface area (Å²) in [5.74, 6) is 0.808. The summed E-state index contributed by atoms with van der Waals surface area (Å²) in [7, 11) is 0. The predicted octanol–water partition coefficient (Wildman–Crippen LogP) is -1.38. The Morgan fingerprint density at radius 3 is 2.59 bits per heavy atom. The van der Waals surface area contributed by atoms with Crippen molar-refractivity contribution in [1.82, 2.24) is 19.7 Å². The van der Waals surface area contributed by atoms with Crippen LogP contribution in [0.25, 0.3) is 11.5 Å². The Balaban J connectivity index is 1.52. The van der Waals surface area contributed by atoms with Crippen LogP contribution < -0.4 is 10.2 Å². The normalized spacial score (nSPS) is 27.1. The molecule has 5 N–H and O–H groups in total. The van der Waals surface area contributed by atoms with Crippen molar-refractivity contribution in [3.63, 3.8) is 0 Å². The standard InChI is InChI=1S/C18H21N5O6/c24-7-11-13(25)14(26)15(27)18(28-11)29-23-9-22-16(12-17(23)21-8-20-12)19-6-10-4-2-1-3-5-10/h1-5,8-9,11,13-15,18-19,24-27H,6-7H2/t11-,13-,14+,15-,18?/m1/s1. The summed E-state index contributed by atoms with van der Waals surface area (Å²) < 4.78 is 6.51. The Hall–Kier alpha value is -2.83. The van der Waals surface area contributed by atoms with Crippen molar-refractivity contribution < 1.29 is 30.0 Å². The molecule has 0 spiro atoms. The molecule has 154 valence electrons. The first-order chi connectivity index (χ1) is 14.1. The molecule has 1 saturated heterocycles. The summed E-state index contributed by atoms with van der Waals surface area (Å²) in [5, 5.41) is 42.4. The second kappa shape index (κ2) is 8.27. The number of nitrogens with one attached hydrogen (secondary N) is 1. The van der Waals surface area contributed by atoms with Crippen molar-refractivity contribution in [2.45, 2.75) is 37.3 Å². The molecule has 0 radical (unpaired) electrons. The molecule has 1 unspecified atom stereocenters. The van der Waals surface area contributed by atoms with Crippen LogP contribution >= 0.6 is 0 Å². The molecule has 0 aromatic heterocycles. The molecule has 3 heterocycles. The lowest BCUT2D eigenvalue weighted by molar-refractivity contribution is -0.300. The van der Waals surface area contributed by atoms with Gasteiger partial charge in [0.05, 0.1) is 6.61 Å². The Bertz CT molecular complexity index is 907. The van der Waals surface area contributed by atoms with Gasteiger partial charge in [0, 0.05) is 6.54 Å². The molecule has 4 rings (SSSR count). The minimum Gasteiger partial charge on any atom is -0.394 e. The zero-order valence-corrected chi connectivity index (χ0v) is 15.2. The number of anilines is 1. The average Bonchev–Trinajstić information content (AvgIpc) is 3.24. The first-order valence-corrected chi connectivity index (χ1v) is 9.02. The maximum Gasteiger partial charge on any atom is 0.254 e. The summed E-state index contributed by atoms with van der Waals surface area (Å²) in [6, 6.07) is 9.77. The number of aliphatic hydroxyl groups is 4. The molecular formula is C18H21N5O6. The van der Waals surface area contributed by atoms with E-state index >= 15 is 0 Å². The van der Waals surface area contributed by atoms with Crippen LogP contribution in [0, 0.1) is 0 Å². The van der Waals surface area contributed by atoms with Gasteiger partial charge in [0.25, 0.3) is 6.29 Å². The highest BCUT2D eigenvalue weighted by atomic mass is 16.8. The second-order valence-corrected chi connectivity index (χ2v) is 6.61.